The van der Waals surface area contributed by atoms with Crippen molar-refractivity contribution in [2.75, 3.05) is 11.9 Å². The molecule has 24 heavy (non-hydrogen) atoms. The van der Waals surface area contributed by atoms with E-state index in [4.69, 9.17) is 4.74 Å². The SMILES string of the molecule is Cn1nccc1C(=O)Nc1cc([C@H]2C[C@@H](O)CO2)n(C(C)(C)C)n1. The Labute approximate surface area is 140 Å². The van der Waals surface area contributed by atoms with Crippen molar-refractivity contribution in [2.24, 2.45) is 7.05 Å². The van der Waals surface area contributed by atoms with E-state index in [1.165, 1.54) is 4.68 Å². The largest absolute Gasteiger partial charge is 0.391 e. The molecule has 0 spiro atoms. The second-order valence-electron chi connectivity index (χ2n) is 7.04. The van der Waals surface area contributed by atoms with Crippen molar-refractivity contribution < 1.29 is 14.6 Å². The Morgan fingerprint density at radius 1 is 1.46 bits per heavy atom. The van der Waals surface area contributed by atoms with Crippen LogP contribution >= 0.6 is 0 Å². The number of carbonyl (C=O) groups is 1. The molecule has 1 saturated heterocycles. The number of aromatic nitrogens is 4. The molecular formula is C16H23N5O3. The summed E-state index contributed by atoms with van der Waals surface area (Å²) in [5.41, 5.74) is 1.02. The third-order valence-corrected chi connectivity index (χ3v) is 3.97. The topological polar surface area (TPSA) is 94.2 Å². The lowest BCUT2D eigenvalue weighted by Crippen LogP contribution is -2.26. The molecule has 0 saturated carbocycles. The maximum absolute atomic E-state index is 12.3. The number of ether oxygens (including phenoxy) is 1. The summed E-state index contributed by atoms with van der Waals surface area (Å²) in [7, 11) is 1.71. The van der Waals surface area contributed by atoms with Crippen LogP contribution in [0, 0.1) is 0 Å². The molecule has 1 aliphatic rings. The van der Waals surface area contributed by atoms with Gasteiger partial charge in [-0.2, -0.15) is 10.2 Å². The highest BCUT2D eigenvalue weighted by atomic mass is 16.5. The summed E-state index contributed by atoms with van der Waals surface area (Å²) >= 11 is 0. The lowest BCUT2D eigenvalue weighted by molar-refractivity contribution is 0.0814. The van der Waals surface area contributed by atoms with Gasteiger partial charge in [0.1, 0.15) is 11.8 Å². The molecule has 0 radical (unpaired) electrons. The fourth-order valence-corrected chi connectivity index (χ4v) is 2.82. The van der Waals surface area contributed by atoms with Crippen molar-refractivity contribution >= 4 is 11.7 Å². The van der Waals surface area contributed by atoms with E-state index in [9.17, 15) is 9.90 Å². The summed E-state index contributed by atoms with van der Waals surface area (Å²) in [6, 6.07) is 3.45. The van der Waals surface area contributed by atoms with Crippen LogP contribution in [0.5, 0.6) is 0 Å². The normalized spacial score (nSPS) is 21.2. The van der Waals surface area contributed by atoms with Gasteiger partial charge in [-0.3, -0.25) is 14.2 Å². The van der Waals surface area contributed by atoms with Crippen LogP contribution in [0.4, 0.5) is 5.82 Å². The van der Waals surface area contributed by atoms with E-state index in [0.29, 0.717) is 24.5 Å². The van der Waals surface area contributed by atoms with Gasteiger partial charge >= 0.3 is 0 Å². The molecule has 2 aromatic rings. The van der Waals surface area contributed by atoms with Gasteiger partial charge in [0.2, 0.25) is 0 Å². The first-order chi connectivity index (χ1) is 11.3. The summed E-state index contributed by atoms with van der Waals surface area (Å²) < 4.78 is 9.01. The highest BCUT2D eigenvalue weighted by molar-refractivity contribution is 6.02. The summed E-state index contributed by atoms with van der Waals surface area (Å²) in [6.07, 6.45) is 1.40. The molecular weight excluding hydrogens is 310 g/mol. The number of carbonyl (C=O) groups excluding carboxylic acids is 1. The van der Waals surface area contributed by atoms with Crippen LogP contribution in [0.2, 0.25) is 0 Å². The van der Waals surface area contributed by atoms with Crippen LogP contribution in [-0.4, -0.2) is 43.3 Å². The third-order valence-electron chi connectivity index (χ3n) is 3.97. The molecule has 2 aromatic heterocycles. The molecule has 0 unspecified atom stereocenters. The smallest absolute Gasteiger partial charge is 0.275 e. The van der Waals surface area contributed by atoms with Crippen molar-refractivity contribution in [3.05, 3.63) is 29.7 Å². The molecule has 2 N–H and O–H groups in total. The minimum absolute atomic E-state index is 0.228. The number of aryl methyl sites for hydroxylation is 1. The van der Waals surface area contributed by atoms with Crippen LogP contribution in [0.15, 0.2) is 18.3 Å². The second kappa shape index (κ2) is 6.03. The zero-order valence-corrected chi connectivity index (χ0v) is 14.4. The molecule has 1 fully saturated rings. The number of amides is 1. The number of aliphatic hydroxyl groups is 1. The van der Waals surface area contributed by atoms with Gasteiger partial charge in [0.05, 0.1) is 23.9 Å². The van der Waals surface area contributed by atoms with E-state index >= 15 is 0 Å². The van der Waals surface area contributed by atoms with Crippen molar-refractivity contribution in [3.8, 4) is 0 Å². The van der Waals surface area contributed by atoms with Crippen molar-refractivity contribution in [1.82, 2.24) is 19.6 Å². The van der Waals surface area contributed by atoms with E-state index in [1.807, 2.05) is 31.5 Å². The van der Waals surface area contributed by atoms with Crippen LogP contribution in [-0.2, 0) is 17.3 Å². The molecule has 130 valence electrons. The zero-order valence-electron chi connectivity index (χ0n) is 14.4. The molecule has 0 aliphatic carbocycles. The first kappa shape index (κ1) is 16.7. The maximum Gasteiger partial charge on any atom is 0.275 e. The number of nitrogens with zero attached hydrogens (tertiary/aromatic N) is 4. The molecule has 8 heteroatoms. The van der Waals surface area contributed by atoms with E-state index < -0.39 is 6.10 Å². The lowest BCUT2D eigenvalue weighted by atomic mass is 10.1. The Morgan fingerprint density at radius 2 is 2.21 bits per heavy atom. The summed E-state index contributed by atoms with van der Waals surface area (Å²) in [4.78, 5) is 12.3. The summed E-state index contributed by atoms with van der Waals surface area (Å²) in [5, 5.41) is 21.1. The minimum Gasteiger partial charge on any atom is -0.391 e. The van der Waals surface area contributed by atoms with E-state index in [-0.39, 0.29) is 17.6 Å². The van der Waals surface area contributed by atoms with Gasteiger partial charge in [-0.25, -0.2) is 0 Å². The molecule has 0 bridgehead atoms. The number of nitrogens with one attached hydrogen (secondary N) is 1. The van der Waals surface area contributed by atoms with Crippen molar-refractivity contribution in [1.29, 1.82) is 0 Å². The highest BCUT2D eigenvalue weighted by Crippen LogP contribution is 2.33. The van der Waals surface area contributed by atoms with E-state index in [1.54, 1.807) is 19.3 Å². The fourth-order valence-electron chi connectivity index (χ4n) is 2.82. The first-order valence-electron chi connectivity index (χ1n) is 7.95. The quantitative estimate of drug-likeness (QED) is 0.886. The van der Waals surface area contributed by atoms with Crippen LogP contribution in [0.1, 0.15) is 49.5 Å². The van der Waals surface area contributed by atoms with Gasteiger partial charge in [-0.05, 0) is 26.8 Å². The van der Waals surface area contributed by atoms with Crippen LogP contribution in [0.25, 0.3) is 0 Å². The van der Waals surface area contributed by atoms with Crippen LogP contribution in [0.3, 0.4) is 0 Å². The second-order valence-corrected chi connectivity index (χ2v) is 7.04. The standard InChI is InChI=1S/C16H23N5O3/c1-16(2,3)21-12(13-7-10(22)9-24-13)8-14(19-21)18-15(23)11-5-6-17-20(11)4/h5-6,8,10,13,22H,7,9H2,1-4H3,(H,18,19,23)/t10-,13-/m1/s1. The Hall–Kier alpha value is -2.19. The predicted octanol–water partition coefficient (Wildman–Crippen LogP) is 1.45. The van der Waals surface area contributed by atoms with E-state index in [2.05, 4.69) is 15.5 Å². The minimum atomic E-state index is -0.467. The van der Waals surface area contributed by atoms with Gasteiger partial charge in [-0.1, -0.05) is 0 Å². The molecule has 1 aliphatic heterocycles. The molecule has 3 heterocycles. The zero-order chi connectivity index (χ0) is 17.5. The van der Waals surface area contributed by atoms with Gasteiger partial charge in [0.25, 0.3) is 5.91 Å². The molecule has 2 atom stereocenters. The number of rotatable bonds is 3. The molecule has 1 amide bonds. The number of hydrogen-bond acceptors (Lipinski definition) is 5. The van der Waals surface area contributed by atoms with Crippen LogP contribution < -0.4 is 5.32 Å². The van der Waals surface area contributed by atoms with Gasteiger partial charge in [0.15, 0.2) is 5.82 Å². The lowest BCUT2D eigenvalue weighted by Gasteiger charge is -2.24. The molecule has 8 nitrogen and oxygen atoms in total. The highest BCUT2D eigenvalue weighted by Gasteiger charge is 2.31. The van der Waals surface area contributed by atoms with Gasteiger partial charge < -0.3 is 15.2 Å². The average molecular weight is 333 g/mol. The summed E-state index contributed by atoms with van der Waals surface area (Å²) in [6.45, 7) is 6.40. The molecule has 3 rings (SSSR count). The Morgan fingerprint density at radius 3 is 2.75 bits per heavy atom. The first-order valence-corrected chi connectivity index (χ1v) is 7.95. The fraction of sp³-hybridized carbons (Fsp3) is 0.562. The summed E-state index contributed by atoms with van der Waals surface area (Å²) in [5.74, 6) is 0.184. The van der Waals surface area contributed by atoms with Gasteiger partial charge in [-0.15, -0.1) is 0 Å². The Bertz CT molecular complexity index is 743. The Kier molecular flexibility index (Phi) is 4.18. The van der Waals surface area contributed by atoms with Crippen molar-refractivity contribution in [2.45, 2.75) is 44.9 Å². The predicted molar refractivity (Wildman–Crippen MR) is 87.7 cm³/mol. The third kappa shape index (κ3) is 3.20. The van der Waals surface area contributed by atoms with E-state index in [0.717, 1.165) is 5.69 Å². The maximum atomic E-state index is 12.3. The number of anilines is 1. The monoisotopic (exact) mass is 333 g/mol. The number of hydrogen-bond donors (Lipinski definition) is 2. The average Bonchev–Trinajstić information content (AvgIpc) is 3.17. The van der Waals surface area contributed by atoms with Crippen molar-refractivity contribution in [3.63, 3.8) is 0 Å². The molecule has 0 aromatic carbocycles. The number of aliphatic hydroxyl groups excluding tert-OH is 1. The van der Waals surface area contributed by atoms with Gasteiger partial charge in [0, 0.05) is 25.7 Å². The Balaban J connectivity index is 1.88.